The molecule has 15 heavy (non-hydrogen) atoms. The maximum absolute atomic E-state index is 12.9. The van der Waals surface area contributed by atoms with Crippen molar-refractivity contribution >= 4 is 17.7 Å². The summed E-state index contributed by atoms with van der Waals surface area (Å²) in [5.41, 5.74) is 0.501. The van der Waals surface area contributed by atoms with E-state index in [2.05, 4.69) is 0 Å². The van der Waals surface area contributed by atoms with E-state index in [1.54, 1.807) is 12.2 Å². The maximum atomic E-state index is 12.9. The van der Waals surface area contributed by atoms with Gasteiger partial charge >= 0.3 is 0 Å². The Morgan fingerprint density at radius 1 is 1.33 bits per heavy atom. The Balaban J connectivity index is 2.99. The maximum Gasteiger partial charge on any atom is 0.162 e. The van der Waals surface area contributed by atoms with Crippen LogP contribution < -0.4 is 4.74 Å². The van der Waals surface area contributed by atoms with Crippen LogP contribution in [0.3, 0.4) is 0 Å². The van der Waals surface area contributed by atoms with Crippen molar-refractivity contribution in [3.05, 3.63) is 35.4 Å². The molecule has 0 fully saturated rings. The highest BCUT2D eigenvalue weighted by molar-refractivity contribution is 6.17. The molecular weight excluding hydrogens is 222 g/mol. The van der Waals surface area contributed by atoms with Crippen LogP contribution in [0, 0.1) is 11.6 Å². The van der Waals surface area contributed by atoms with E-state index >= 15 is 0 Å². The van der Waals surface area contributed by atoms with Crippen LogP contribution in [0.4, 0.5) is 8.78 Å². The summed E-state index contributed by atoms with van der Waals surface area (Å²) in [6, 6.07) is 2.12. The van der Waals surface area contributed by atoms with E-state index in [4.69, 9.17) is 16.3 Å². The van der Waals surface area contributed by atoms with Crippen LogP contribution in [-0.2, 0) is 0 Å². The molecular formula is C11H11ClF2O. The molecule has 0 heterocycles. The molecule has 1 nitrogen and oxygen atoms in total. The van der Waals surface area contributed by atoms with Gasteiger partial charge in [0.1, 0.15) is 5.75 Å². The third kappa shape index (κ3) is 3.20. The second-order valence-corrected chi connectivity index (χ2v) is 3.27. The molecule has 0 aromatic heterocycles. The first-order valence-corrected chi connectivity index (χ1v) is 4.98. The molecule has 4 heteroatoms. The molecule has 0 saturated carbocycles. The molecule has 1 aromatic carbocycles. The van der Waals surface area contributed by atoms with Gasteiger partial charge in [-0.25, -0.2) is 8.78 Å². The molecule has 0 saturated heterocycles. The molecule has 1 aromatic rings. The molecule has 0 unspecified atom stereocenters. The second kappa shape index (κ2) is 5.71. The van der Waals surface area contributed by atoms with Gasteiger partial charge in [-0.15, -0.1) is 11.6 Å². The zero-order valence-electron chi connectivity index (χ0n) is 8.27. The summed E-state index contributed by atoms with van der Waals surface area (Å²) in [6.45, 7) is 0. The van der Waals surface area contributed by atoms with E-state index in [1.165, 1.54) is 7.11 Å². The highest BCUT2D eigenvalue weighted by Gasteiger charge is 2.07. The number of benzene rings is 1. The lowest BCUT2D eigenvalue weighted by Gasteiger charge is -2.05. The van der Waals surface area contributed by atoms with Crippen LogP contribution in [0.5, 0.6) is 5.75 Å². The smallest absolute Gasteiger partial charge is 0.162 e. The fourth-order valence-electron chi connectivity index (χ4n) is 1.12. The minimum absolute atomic E-state index is 0.305. The van der Waals surface area contributed by atoms with E-state index in [1.807, 2.05) is 0 Å². The van der Waals surface area contributed by atoms with Crippen LogP contribution in [0.2, 0.25) is 0 Å². The number of ether oxygens (including phenoxy) is 1. The van der Waals surface area contributed by atoms with Crippen molar-refractivity contribution in [2.45, 2.75) is 6.42 Å². The van der Waals surface area contributed by atoms with Gasteiger partial charge in [-0.1, -0.05) is 12.2 Å². The molecule has 0 atom stereocenters. The summed E-state index contributed by atoms with van der Waals surface area (Å²) < 4.78 is 30.7. The molecule has 0 aliphatic heterocycles. The average molecular weight is 233 g/mol. The Kier molecular flexibility index (Phi) is 4.56. The van der Waals surface area contributed by atoms with Crippen LogP contribution in [0.25, 0.3) is 6.08 Å². The van der Waals surface area contributed by atoms with Gasteiger partial charge in [-0.3, -0.25) is 0 Å². The minimum atomic E-state index is -0.915. The predicted molar refractivity (Wildman–Crippen MR) is 57.3 cm³/mol. The highest BCUT2D eigenvalue weighted by atomic mass is 35.5. The van der Waals surface area contributed by atoms with Gasteiger partial charge in [0.15, 0.2) is 11.6 Å². The van der Waals surface area contributed by atoms with Crippen LogP contribution >= 0.6 is 11.6 Å². The highest BCUT2D eigenvalue weighted by Crippen LogP contribution is 2.23. The number of rotatable bonds is 4. The van der Waals surface area contributed by atoms with E-state index < -0.39 is 11.6 Å². The summed E-state index contributed by atoms with van der Waals surface area (Å²) in [5.74, 6) is -1.01. The van der Waals surface area contributed by atoms with Gasteiger partial charge in [0.25, 0.3) is 0 Å². The molecule has 82 valence electrons. The molecule has 0 spiro atoms. The summed E-state index contributed by atoms with van der Waals surface area (Å²) in [6.07, 6.45) is 4.11. The van der Waals surface area contributed by atoms with Gasteiger partial charge < -0.3 is 4.74 Å². The topological polar surface area (TPSA) is 9.23 Å². The minimum Gasteiger partial charge on any atom is -0.496 e. The van der Waals surface area contributed by atoms with Crippen LogP contribution in [0.1, 0.15) is 12.0 Å². The fraction of sp³-hybridized carbons (Fsp3) is 0.273. The number of halogens is 3. The lowest BCUT2D eigenvalue weighted by Crippen LogP contribution is -1.92. The first-order valence-electron chi connectivity index (χ1n) is 4.44. The number of alkyl halides is 1. The third-order valence-corrected chi connectivity index (χ3v) is 2.06. The Morgan fingerprint density at radius 3 is 2.60 bits per heavy atom. The molecule has 0 bridgehead atoms. The summed E-state index contributed by atoms with van der Waals surface area (Å²) >= 11 is 5.48. The summed E-state index contributed by atoms with van der Waals surface area (Å²) in [7, 11) is 1.41. The lowest BCUT2D eigenvalue weighted by atomic mass is 10.1. The van der Waals surface area contributed by atoms with Crippen molar-refractivity contribution in [1.82, 2.24) is 0 Å². The zero-order chi connectivity index (χ0) is 11.3. The SMILES string of the molecule is COc1cc(F)c(F)cc1C=CCCCl. The van der Waals surface area contributed by atoms with Crippen LogP contribution in [0.15, 0.2) is 18.2 Å². The van der Waals surface area contributed by atoms with Crippen molar-refractivity contribution in [2.75, 3.05) is 13.0 Å². The molecule has 0 N–H and O–H groups in total. The van der Waals surface area contributed by atoms with Crippen molar-refractivity contribution < 1.29 is 13.5 Å². The van der Waals surface area contributed by atoms with E-state index in [0.717, 1.165) is 12.1 Å². The van der Waals surface area contributed by atoms with Crippen LogP contribution in [-0.4, -0.2) is 13.0 Å². The van der Waals surface area contributed by atoms with Gasteiger partial charge in [-0.05, 0) is 12.5 Å². The second-order valence-electron chi connectivity index (χ2n) is 2.89. The number of allylic oxidation sites excluding steroid dienone is 1. The standard InChI is InChI=1S/C11H11ClF2O/c1-15-11-7-10(14)9(13)6-8(11)4-2-3-5-12/h2,4,6-7H,3,5H2,1H3. The first-order chi connectivity index (χ1) is 7.19. The van der Waals surface area contributed by atoms with Crippen molar-refractivity contribution in [3.63, 3.8) is 0 Å². The van der Waals surface area contributed by atoms with Gasteiger partial charge in [0.05, 0.1) is 7.11 Å². The molecule has 0 radical (unpaired) electrons. The Morgan fingerprint density at radius 2 is 2.00 bits per heavy atom. The van der Waals surface area contributed by atoms with E-state index in [0.29, 0.717) is 23.6 Å². The van der Waals surface area contributed by atoms with Crippen molar-refractivity contribution in [3.8, 4) is 5.75 Å². The number of methoxy groups -OCH3 is 1. The first kappa shape index (κ1) is 12.0. The molecule has 0 amide bonds. The Labute approximate surface area is 92.3 Å². The largest absolute Gasteiger partial charge is 0.496 e. The average Bonchev–Trinajstić information content (AvgIpc) is 2.23. The molecule has 0 aliphatic carbocycles. The van der Waals surface area contributed by atoms with Gasteiger partial charge in [0.2, 0.25) is 0 Å². The zero-order valence-corrected chi connectivity index (χ0v) is 9.02. The van der Waals surface area contributed by atoms with Crippen molar-refractivity contribution in [1.29, 1.82) is 0 Å². The number of hydrogen-bond donors (Lipinski definition) is 0. The Bertz CT molecular complexity index is 364. The fourth-order valence-corrected chi connectivity index (χ4v) is 1.25. The third-order valence-electron chi connectivity index (χ3n) is 1.85. The van der Waals surface area contributed by atoms with E-state index in [-0.39, 0.29) is 0 Å². The monoisotopic (exact) mass is 232 g/mol. The number of hydrogen-bond acceptors (Lipinski definition) is 1. The molecule has 1 rings (SSSR count). The van der Waals surface area contributed by atoms with Crippen molar-refractivity contribution in [2.24, 2.45) is 0 Å². The van der Waals surface area contributed by atoms with Gasteiger partial charge in [-0.2, -0.15) is 0 Å². The normalized spacial score (nSPS) is 10.9. The quantitative estimate of drug-likeness (QED) is 0.721. The summed E-state index contributed by atoms with van der Waals surface area (Å²) in [4.78, 5) is 0. The molecule has 0 aliphatic rings. The Hall–Kier alpha value is -1.09. The predicted octanol–water partition coefficient (Wildman–Crippen LogP) is 3.62. The van der Waals surface area contributed by atoms with E-state index in [9.17, 15) is 8.78 Å². The summed E-state index contributed by atoms with van der Waals surface area (Å²) in [5, 5.41) is 0. The van der Waals surface area contributed by atoms with Gasteiger partial charge in [0, 0.05) is 17.5 Å². The lowest BCUT2D eigenvalue weighted by molar-refractivity contribution is 0.405.